The van der Waals surface area contributed by atoms with Gasteiger partial charge in [0.1, 0.15) is 11.8 Å². The molecule has 33 heavy (non-hydrogen) atoms. The number of carbonyl (C=O) groups excluding carboxylic acids is 2. The van der Waals surface area contributed by atoms with E-state index in [1.807, 2.05) is 52.0 Å². The van der Waals surface area contributed by atoms with Crippen LogP contribution < -0.4 is 10.1 Å². The molecule has 0 aromatic heterocycles. The minimum absolute atomic E-state index is 0.116. The van der Waals surface area contributed by atoms with Gasteiger partial charge in [-0.05, 0) is 62.6 Å². The number of thioether (sulfide) groups is 1. The molecule has 0 aliphatic carbocycles. The fourth-order valence-corrected chi connectivity index (χ4v) is 4.94. The van der Waals surface area contributed by atoms with E-state index in [9.17, 15) is 9.59 Å². The zero-order valence-electron chi connectivity index (χ0n) is 19.8. The molecule has 1 unspecified atom stereocenters. The number of hydrogen-bond donors (Lipinski definition) is 1. The van der Waals surface area contributed by atoms with Crippen molar-refractivity contribution in [2.24, 2.45) is 0 Å². The smallest absolute Gasteiger partial charge is 0.243 e. The van der Waals surface area contributed by atoms with Crippen molar-refractivity contribution in [3.8, 4) is 5.75 Å². The van der Waals surface area contributed by atoms with Gasteiger partial charge in [-0.25, -0.2) is 0 Å². The van der Waals surface area contributed by atoms with Crippen molar-refractivity contribution in [1.82, 2.24) is 10.2 Å². The van der Waals surface area contributed by atoms with Crippen LogP contribution in [0.1, 0.15) is 45.2 Å². The van der Waals surface area contributed by atoms with E-state index in [4.69, 9.17) is 27.9 Å². The Morgan fingerprint density at radius 2 is 1.70 bits per heavy atom. The second kappa shape index (κ2) is 12.5. The molecule has 0 radical (unpaired) electrons. The van der Waals surface area contributed by atoms with Gasteiger partial charge >= 0.3 is 0 Å². The summed E-state index contributed by atoms with van der Waals surface area (Å²) in [5.74, 6) is 1.17. The molecule has 0 spiro atoms. The molecule has 2 aromatic carbocycles. The topological polar surface area (TPSA) is 58.6 Å². The first-order valence-electron chi connectivity index (χ1n) is 10.8. The molecule has 0 fully saturated rings. The molecule has 0 aliphatic heterocycles. The third-order valence-corrected chi connectivity index (χ3v) is 6.58. The average Bonchev–Trinajstić information content (AvgIpc) is 2.74. The zero-order chi connectivity index (χ0) is 24.6. The van der Waals surface area contributed by atoms with Gasteiger partial charge in [0.25, 0.3) is 0 Å². The monoisotopic (exact) mass is 510 g/mol. The predicted molar refractivity (Wildman–Crippen MR) is 138 cm³/mol. The van der Waals surface area contributed by atoms with E-state index in [0.717, 1.165) is 16.9 Å². The Morgan fingerprint density at radius 1 is 1.09 bits per heavy atom. The normalized spacial score (nSPS) is 12.2. The van der Waals surface area contributed by atoms with Gasteiger partial charge in [-0.15, -0.1) is 11.8 Å². The zero-order valence-corrected chi connectivity index (χ0v) is 22.1. The molecule has 5 nitrogen and oxygen atoms in total. The first-order chi connectivity index (χ1) is 15.6. The van der Waals surface area contributed by atoms with Crippen molar-refractivity contribution < 1.29 is 14.3 Å². The van der Waals surface area contributed by atoms with Crippen LogP contribution in [0, 0.1) is 0 Å². The summed E-state index contributed by atoms with van der Waals surface area (Å²) in [4.78, 5) is 28.0. The van der Waals surface area contributed by atoms with Crippen molar-refractivity contribution in [2.75, 3.05) is 12.9 Å². The third kappa shape index (κ3) is 8.43. The van der Waals surface area contributed by atoms with Crippen LogP contribution in [0.3, 0.4) is 0 Å². The standard InChI is InChI=1S/C25H32Cl2N2O3S/c1-6-22(24(31)28-25(2,3)4)29(14-17-10-12-18(32-5)13-11-17)23(30)16-33-15-19-20(26)8-7-9-21(19)27/h7-13,22H,6,14-16H2,1-5H3,(H,28,31). The number of methoxy groups -OCH3 is 1. The van der Waals surface area contributed by atoms with E-state index >= 15 is 0 Å². The molecule has 2 amide bonds. The molecule has 1 N–H and O–H groups in total. The van der Waals surface area contributed by atoms with E-state index < -0.39 is 11.6 Å². The van der Waals surface area contributed by atoms with Crippen LogP contribution in [0.5, 0.6) is 5.75 Å². The quantitative estimate of drug-likeness (QED) is 0.428. The van der Waals surface area contributed by atoms with Crippen LogP contribution in [0.4, 0.5) is 0 Å². The molecule has 0 bridgehead atoms. The van der Waals surface area contributed by atoms with E-state index in [2.05, 4.69) is 5.32 Å². The van der Waals surface area contributed by atoms with E-state index in [-0.39, 0.29) is 17.6 Å². The summed E-state index contributed by atoms with van der Waals surface area (Å²) in [6.45, 7) is 8.02. The predicted octanol–water partition coefficient (Wildman–Crippen LogP) is 5.96. The highest BCUT2D eigenvalue weighted by atomic mass is 35.5. The van der Waals surface area contributed by atoms with Gasteiger partial charge in [0, 0.05) is 27.9 Å². The maximum atomic E-state index is 13.3. The number of rotatable bonds is 10. The lowest BCUT2D eigenvalue weighted by molar-refractivity contribution is -0.140. The molecule has 180 valence electrons. The van der Waals surface area contributed by atoms with Gasteiger partial charge in [-0.3, -0.25) is 9.59 Å². The molecule has 8 heteroatoms. The van der Waals surface area contributed by atoms with Crippen molar-refractivity contribution in [3.63, 3.8) is 0 Å². The second-order valence-corrected chi connectivity index (χ2v) is 10.5. The van der Waals surface area contributed by atoms with Gasteiger partial charge in [0.15, 0.2) is 0 Å². The average molecular weight is 512 g/mol. The number of hydrogen-bond acceptors (Lipinski definition) is 4. The number of benzene rings is 2. The van der Waals surface area contributed by atoms with Gasteiger partial charge in [-0.1, -0.05) is 48.3 Å². The highest BCUT2D eigenvalue weighted by Crippen LogP contribution is 2.28. The summed E-state index contributed by atoms with van der Waals surface area (Å²) >= 11 is 13.9. The highest BCUT2D eigenvalue weighted by Gasteiger charge is 2.30. The molecule has 0 aliphatic rings. The van der Waals surface area contributed by atoms with Gasteiger partial charge in [-0.2, -0.15) is 0 Å². The van der Waals surface area contributed by atoms with Crippen LogP contribution in [0.15, 0.2) is 42.5 Å². The lowest BCUT2D eigenvalue weighted by Crippen LogP contribution is -2.53. The van der Waals surface area contributed by atoms with E-state index in [0.29, 0.717) is 28.8 Å². The molecule has 0 heterocycles. The Labute approximate surface area is 211 Å². The summed E-state index contributed by atoms with van der Waals surface area (Å²) in [5.41, 5.74) is 1.33. The van der Waals surface area contributed by atoms with Crippen molar-refractivity contribution in [2.45, 2.75) is 58.0 Å². The first-order valence-corrected chi connectivity index (χ1v) is 12.7. The Hall–Kier alpha value is -1.89. The molecule has 1 atom stereocenters. The summed E-state index contributed by atoms with van der Waals surface area (Å²) in [6.07, 6.45) is 0.505. The molecule has 0 saturated carbocycles. The van der Waals surface area contributed by atoms with Crippen molar-refractivity contribution >= 4 is 46.8 Å². The number of nitrogens with one attached hydrogen (secondary N) is 1. The van der Waals surface area contributed by atoms with Crippen molar-refractivity contribution in [3.05, 3.63) is 63.6 Å². The number of halogens is 2. The summed E-state index contributed by atoms with van der Waals surface area (Å²) < 4.78 is 5.23. The number of amides is 2. The lowest BCUT2D eigenvalue weighted by atomic mass is 10.1. The minimum atomic E-state index is -0.580. The highest BCUT2D eigenvalue weighted by molar-refractivity contribution is 7.99. The van der Waals surface area contributed by atoms with Crippen LogP contribution in [-0.2, 0) is 21.9 Å². The van der Waals surface area contributed by atoms with Gasteiger partial charge in [0.2, 0.25) is 11.8 Å². The Bertz CT molecular complexity index is 925. The molecule has 2 rings (SSSR count). The van der Waals surface area contributed by atoms with E-state index in [1.54, 1.807) is 30.2 Å². The maximum Gasteiger partial charge on any atom is 0.243 e. The maximum absolute atomic E-state index is 13.3. The van der Waals surface area contributed by atoms with Crippen LogP contribution in [0.25, 0.3) is 0 Å². The SMILES string of the molecule is CCC(C(=O)NC(C)(C)C)N(Cc1ccc(OC)cc1)C(=O)CSCc1c(Cl)cccc1Cl. The Balaban J connectivity index is 2.20. The lowest BCUT2D eigenvalue weighted by Gasteiger charge is -2.33. The summed E-state index contributed by atoms with van der Waals surface area (Å²) in [5, 5.41) is 4.17. The summed E-state index contributed by atoms with van der Waals surface area (Å²) in [6, 6.07) is 12.3. The summed E-state index contributed by atoms with van der Waals surface area (Å²) in [7, 11) is 1.61. The molecule has 0 saturated heterocycles. The van der Waals surface area contributed by atoms with Crippen molar-refractivity contribution in [1.29, 1.82) is 0 Å². The largest absolute Gasteiger partial charge is 0.497 e. The van der Waals surface area contributed by atoms with Crippen LogP contribution >= 0.6 is 35.0 Å². The molecule has 2 aromatic rings. The molecular formula is C25H32Cl2N2O3S. The number of carbonyl (C=O) groups is 2. The Kier molecular flexibility index (Phi) is 10.4. The number of ether oxygens (including phenoxy) is 1. The molecular weight excluding hydrogens is 479 g/mol. The number of nitrogens with zero attached hydrogens (tertiary/aromatic N) is 1. The van der Waals surface area contributed by atoms with E-state index in [1.165, 1.54) is 11.8 Å². The van der Waals surface area contributed by atoms with Gasteiger partial charge < -0.3 is 15.0 Å². The van der Waals surface area contributed by atoms with Crippen LogP contribution in [0.2, 0.25) is 10.0 Å². The Morgan fingerprint density at radius 3 is 2.21 bits per heavy atom. The second-order valence-electron chi connectivity index (χ2n) is 8.73. The fourth-order valence-electron chi connectivity index (χ4n) is 3.29. The fraction of sp³-hybridized carbons (Fsp3) is 0.440. The minimum Gasteiger partial charge on any atom is -0.497 e. The first kappa shape index (κ1) is 27.4. The van der Waals surface area contributed by atoms with Crippen LogP contribution in [-0.4, -0.2) is 41.2 Å². The van der Waals surface area contributed by atoms with Gasteiger partial charge in [0.05, 0.1) is 12.9 Å². The third-order valence-electron chi connectivity index (χ3n) is 4.93.